The van der Waals surface area contributed by atoms with Gasteiger partial charge in [0, 0.05) is 55.0 Å². The van der Waals surface area contributed by atoms with Crippen molar-refractivity contribution >= 4 is 32.1 Å². The summed E-state index contributed by atoms with van der Waals surface area (Å²) in [7, 11) is -0.176. The first-order valence-corrected chi connectivity index (χ1v) is 16.1. The molecular formula is C25H50N4O8S2. The minimum atomic E-state index is -4.12. The van der Waals surface area contributed by atoms with Crippen LogP contribution in [0.4, 0.5) is 0 Å². The second kappa shape index (κ2) is 18.5. The highest BCUT2D eigenvalue weighted by Crippen LogP contribution is 2.05. The Morgan fingerprint density at radius 3 is 1.26 bits per heavy atom. The second-order valence-corrected chi connectivity index (χ2v) is 14.2. The normalized spacial score (nSPS) is 12.2. The molecule has 0 aliphatic rings. The molecule has 2 N–H and O–H groups in total. The van der Waals surface area contributed by atoms with Crippen molar-refractivity contribution in [1.82, 2.24) is 10.6 Å². The third-order valence-corrected chi connectivity index (χ3v) is 7.37. The number of quaternary nitrogens is 2. The van der Waals surface area contributed by atoms with Gasteiger partial charge in [0.15, 0.2) is 0 Å². The standard InChI is InChI=1S/C13H26N2O4S.C12H24N2O4S/c1-12(2)13(16)14-8-7-10-15(3,4)9-5-6-11-20(17,18)19;1-11(2)12(15)13-7-5-8-14(3,4)9-6-10-19(16,17)18/h1,5-11H2,2-4H3,(H-,14,16,17,18,19);1,5-10H2,2-4H3,(H-,13,15,16,17,18). The Morgan fingerprint density at radius 2 is 0.923 bits per heavy atom. The van der Waals surface area contributed by atoms with E-state index in [4.69, 9.17) is 0 Å². The molecule has 0 bridgehead atoms. The lowest BCUT2D eigenvalue weighted by Crippen LogP contribution is -2.43. The number of carbonyl (C=O) groups excluding carboxylic acids is 2. The Morgan fingerprint density at radius 1 is 0.615 bits per heavy atom. The van der Waals surface area contributed by atoms with Crippen molar-refractivity contribution in [2.75, 3.05) is 79.0 Å². The van der Waals surface area contributed by atoms with Crippen molar-refractivity contribution in [2.45, 2.75) is 46.0 Å². The number of hydrogen-bond acceptors (Lipinski definition) is 8. The largest absolute Gasteiger partial charge is 0.748 e. The summed E-state index contributed by atoms with van der Waals surface area (Å²) in [4.78, 5) is 22.5. The summed E-state index contributed by atoms with van der Waals surface area (Å²) >= 11 is 0. The Kier molecular flexibility index (Phi) is 18.6. The number of nitrogens with one attached hydrogen (secondary N) is 2. The average Bonchev–Trinajstić information content (AvgIpc) is 2.75. The van der Waals surface area contributed by atoms with Gasteiger partial charge in [-0.1, -0.05) is 13.2 Å². The summed E-state index contributed by atoms with van der Waals surface area (Å²) in [5.41, 5.74) is 0.979. The fourth-order valence-electron chi connectivity index (χ4n) is 3.43. The molecular weight excluding hydrogens is 548 g/mol. The van der Waals surface area contributed by atoms with E-state index in [-0.39, 0.29) is 23.3 Å². The van der Waals surface area contributed by atoms with Gasteiger partial charge in [-0.05, 0) is 26.7 Å². The molecule has 0 fully saturated rings. The van der Waals surface area contributed by atoms with Crippen molar-refractivity contribution in [2.24, 2.45) is 0 Å². The predicted molar refractivity (Wildman–Crippen MR) is 152 cm³/mol. The number of rotatable bonds is 19. The van der Waals surface area contributed by atoms with Crippen LogP contribution in [0, 0.1) is 0 Å². The van der Waals surface area contributed by atoms with E-state index >= 15 is 0 Å². The zero-order chi connectivity index (χ0) is 30.9. The van der Waals surface area contributed by atoms with Crippen LogP contribution in [0.1, 0.15) is 46.0 Å². The van der Waals surface area contributed by atoms with E-state index in [1.54, 1.807) is 13.8 Å². The van der Waals surface area contributed by atoms with E-state index in [0.717, 1.165) is 37.0 Å². The zero-order valence-electron chi connectivity index (χ0n) is 24.6. The molecule has 0 radical (unpaired) electrons. The van der Waals surface area contributed by atoms with E-state index in [0.29, 0.717) is 54.5 Å². The van der Waals surface area contributed by atoms with Crippen molar-refractivity contribution < 1.29 is 44.5 Å². The first kappa shape index (κ1) is 39.3. The van der Waals surface area contributed by atoms with Crippen molar-refractivity contribution in [3.05, 3.63) is 24.3 Å². The molecule has 230 valence electrons. The molecule has 2 amide bonds. The van der Waals surface area contributed by atoms with Crippen molar-refractivity contribution in [1.29, 1.82) is 0 Å². The lowest BCUT2D eigenvalue weighted by Gasteiger charge is -2.30. The topological polar surface area (TPSA) is 173 Å². The van der Waals surface area contributed by atoms with Gasteiger partial charge in [-0.15, -0.1) is 0 Å². The lowest BCUT2D eigenvalue weighted by molar-refractivity contribution is -0.890. The molecule has 14 heteroatoms. The molecule has 0 spiro atoms. The van der Waals surface area contributed by atoms with Crippen molar-refractivity contribution in [3.8, 4) is 0 Å². The molecule has 0 aromatic heterocycles. The quantitative estimate of drug-likeness (QED) is 0.0939. The summed E-state index contributed by atoms with van der Waals surface area (Å²) in [5, 5.41) is 5.51. The molecule has 0 atom stereocenters. The van der Waals surface area contributed by atoms with Crippen LogP contribution >= 0.6 is 0 Å². The number of nitrogens with zero attached hydrogens (tertiary/aromatic N) is 2. The van der Waals surface area contributed by atoms with Crippen LogP contribution in [0.3, 0.4) is 0 Å². The van der Waals surface area contributed by atoms with Gasteiger partial charge in [0.25, 0.3) is 0 Å². The van der Waals surface area contributed by atoms with Gasteiger partial charge in [0.05, 0.1) is 74.6 Å². The lowest BCUT2D eigenvalue weighted by atomic mass is 10.2. The third kappa shape index (κ3) is 27.5. The summed E-state index contributed by atoms with van der Waals surface area (Å²) < 4.78 is 64.3. The van der Waals surface area contributed by atoms with Gasteiger partial charge in [0.1, 0.15) is 0 Å². The van der Waals surface area contributed by atoms with Gasteiger partial charge in [-0.2, -0.15) is 0 Å². The molecule has 0 unspecified atom stereocenters. The summed E-state index contributed by atoms with van der Waals surface area (Å²) in [5.74, 6) is -0.887. The number of carbonyl (C=O) groups is 2. The summed E-state index contributed by atoms with van der Waals surface area (Å²) in [6.45, 7) is 14.7. The number of hydrogen-bond donors (Lipinski definition) is 2. The molecule has 0 saturated heterocycles. The van der Waals surface area contributed by atoms with E-state index < -0.39 is 20.2 Å². The van der Waals surface area contributed by atoms with Crippen LogP contribution in [0.5, 0.6) is 0 Å². The maximum absolute atomic E-state index is 11.3. The first-order chi connectivity index (χ1) is 17.6. The maximum atomic E-state index is 11.3. The Hall–Kier alpha value is -1.84. The molecule has 0 saturated carbocycles. The maximum Gasteiger partial charge on any atom is 0.246 e. The van der Waals surface area contributed by atoms with Crippen LogP contribution in [-0.2, 0) is 29.8 Å². The molecule has 0 aromatic rings. The average molecular weight is 599 g/mol. The van der Waals surface area contributed by atoms with E-state index in [1.807, 2.05) is 28.2 Å². The first-order valence-electron chi connectivity index (χ1n) is 13.0. The number of unbranched alkanes of at least 4 members (excludes halogenated alkanes) is 1. The molecule has 0 aromatic carbocycles. The SMILES string of the molecule is C=C(C)C(=O)NCCC[N+](C)(C)CCCCS(=O)(=O)[O-].C=C(C)C(=O)NCCC[N+](C)(C)CCCS(=O)(=O)[O-]. The predicted octanol–water partition coefficient (Wildman–Crippen LogP) is 0.551. The van der Waals surface area contributed by atoms with Crippen LogP contribution in [0.15, 0.2) is 24.3 Å². The fourth-order valence-corrected chi connectivity index (χ4v) is 4.47. The monoisotopic (exact) mass is 598 g/mol. The van der Waals surface area contributed by atoms with Gasteiger partial charge in [-0.25, -0.2) is 16.8 Å². The van der Waals surface area contributed by atoms with E-state index in [1.165, 1.54) is 0 Å². The molecule has 0 heterocycles. The third-order valence-electron chi connectivity index (χ3n) is 5.79. The Labute approximate surface area is 236 Å². The highest BCUT2D eigenvalue weighted by atomic mass is 32.2. The van der Waals surface area contributed by atoms with Gasteiger partial charge in [-0.3, -0.25) is 9.59 Å². The highest BCUT2D eigenvalue weighted by molar-refractivity contribution is 7.85. The fraction of sp³-hybridized carbons (Fsp3) is 0.760. The highest BCUT2D eigenvalue weighted by Gasteiger charge is 2.16. The van der Waals surface area contributed by atoms with Crippen molar-refractivity contribution in [3.63, 3.8) is 0 Å². The van der Waals surface area contributed by atoms with Crippen LogP contribution in [-0.4, -0.2) is 126 Å². The second-order valence-electron chi connectivity index (χ2n) is 11.1. The van der Waals surface area contributed by atoms with Crippen LogP contribution in [0.2, 0.25) is 0 Å². The Balaban J connectivity index is 0. The summed E-state index contributed by atoms with van der Waals surface area (Å²) in [6, 6.07) is 0. The Bertz CT molecular complexity index is 1010. The molecule has 39 heavy (non-hydrogen) atoms. The molecule has 0 rings (SSSR count). The minimum Gasteiger partial charge on any atom is -0.748 e. The zero-order valence-corrected chi connectivity index (χ0v) is 26.2. The van der Waals surface area contributed by atoms with E-state index in [9.17, 15) is 35.5 Å². The van der Waals surface area contributed by atoms with Gasteiger partial charge in [0.2, 0.25) is 11.8 Å². The molecule has 0 aliphatic heterocycles. The molecule has 12 nitrogen and oxygen atoms in total. The van der Waals surface area contributed by atoms with Crippen LogP contribution in [0.25, 0.3) is 0 Å². The van der Waals surface area contributed by atoms with E-state index in [2.05, 4.69) is 23.8 Å². The van der Waals surface area contributed by atoms with Crippen LogP contribution < -0.4 is 10.6 Å². The van der Waals surface area contributed by atoms with Gasteiger partial charge >= 0.3 is 0 Å². The smallest absolute Gasteiger partial charge is 0.246 e. The summed E-state index contributed by atoms with van der Waals surface area (Å²) in [6.07, 6.45) is 3.09. The minimum absolute atomic E-state index is 0.129. The molecule has 0 aliphatic carbocycles. The number of amides is 2. The van der Waals surface area contributed by atoms with Gasteiger partial charge < -0.3 is 28.7 Å².